The van der Waals surface area contributed by atoms with E-state index in [1.165, 1.54) is 0 Å². The summed E-state index contributed by atoms with van der Waals surface area (Å²) in [5, 5.41) is 6.02. The molecule has 0 fully saturated rings. The van der Waals surface area contributed by atoms with E-state index in [1.807, 2.05) is 19.9 Å². The van der Waals surface area contributed by atoms with Gasteiger partial charge in [-0.3, -0.25) is 9.78 Å². The number of carbonyl (C=O) groups excluding carboxylic acids is 1. The molecule has 0 aliphatic carbocycles. The molecule has 4 nitrogen and oxygen atoms in total. The summed E-state index contributed by atoms with van der Waals surface area (Å²) in [7, 11) is 0. The second-order valence-electron chi connectivity index (χ2n) is 3.66. The van der Waals surface area contributed by atoms with Crippen molar-refractivity contribution in [2.24, 2.45) is 0 Å². The summed E-state index contributed by atoms with van der Waals surface area (Å²) in [6, 6.07) is 1.90. The Labute approximate surface area is 96.5 Å². The van der Waals surface area contributed by atoms with Gasteiger partial charge in [-0.05, 0) is 26.3 Å². The number of pyridine rings is 1. The molecular formula is C12H19N3O. The number of aromatic nitrogens is 1. The Hall–Kier alpha value is -1.58. The van der Waals surface area contributed by atoms with Crippen molar-refractivity contribution < 1.29 is 4.79 Å². The highest BCUT2D eigenvalue weighted by molar-refractivity contribution is 5.99. The van der Waals surface area contributed by atoms with E-state index in [0.717, 1.165) is 24.3 Å². The molecule has 1 heterocycles. The highest BCUT2D eigenvalue weighted by atomic mass is 16.1. The van der Waals surface area contributed by atoms with Crippen molar-refractivity contribution in [1.29, 1.82) is 0 Å². The molecule has 1 amide bonds. The number of rotatable bonds is 5. The van der Waals surface area contributed by atoms with Crippen molar-refractivity contribution in [2.45, 2.75) is 27.2 Å². The number of aryl methyl sites for hydroxylation is 1. The SMILES string of the molecule is CCCNc1cc(C)ncc1C(=O)NCC. The summed E-state index contributed by atoms with van der Waals surface area (Å²) < 4.78 is 0. The zero-order chi connectivity index (χ0) is 12.0. The molecule has 0 unspecified atom stereocenters. The first-order valence-corrected chi connectivity index (χ1v) is 5.67. The van der Waals surface area contributed by atoms with Gasteiger partial charge in [0.15, 0.2) is 0 Å². The van der Waals surface area contributed by atoms with Gasteiger partial charge in [0.05, 0.1) is 11.3 Å². The Bertz CT molecular complexity index is 363. The minimum Gasteiger partial charge on any atom is -0.384 e. The molecule has 2 N–H and O–H groups in total. The fraction of sp³-hybridized carbons (Fsp3) is 0.500. The summed E-state index contributed by atoms with van der Waals surface area (Å²) >= 11 is 0. The van der Waals surface area contributed by atoms with Crippen molar-refractivity contribution in [3.63, 3.8) is 0 Å². The van der Waals surface area contributed by atoms with Crippen molar-refractivity contribution in [3.8, 4) is 0 Å². The van der Waals surface area contributed by atoms with Gasteiger partial charge >= 0.3 is 0 Å². The van der Waals surface area contributed by atoms with Gasteiger partial charge in [-0.25, -0.2) is 0 Å². The minimum absolute atomic E-state index is 0.0754. The average molecular weight is 221 g/mol. The van der Waals surface area contributed by atoms with Gasteiger partial charge in [-0.1, -0.05) is 6.92 Å². The minimum atomic E-state index is -0.0754. The van der Waals surface area contributed by atoms with Crippen LogP contribution in [0.3, 0.4) is 0 Å². The number of nitrogens with one attached hydrogen (secondary N) is 2. The summed E-state index contributed by atoms with van der Waals surface area (Å²) in [6.07, 6.45) is 2.65. The number of hydrogen-bond donors (Lipinski definition) is 2. The van der Waals surface area contributed by atoms with Crippen LogP contribution in [0.1, 0.15) is 36.3 Å². The molecule has 0 aliphatic rings. The molecule has 0 bridgehead atoms. The normalized spacial score (nSPS) is 9.94. The predicted octanol–water partition coefficient (Wildman–Crippen LogP) is 1.96. The summed E-state index contributed by atoms with van der Waals surface area (Å²) in [5.74, 6) is -0.0754. The van der Waals surface area contributed by atoms with Crippen LogP contribution < -0.4 is 10.6 Å². The van der Waals surface area contributed by atoms with Crippen LogP contribution in [0.25, 0.3) is 0 Å². The molecule has 4 heteroatoms. The van der Waals surface area contributed by atoms with E-state index in [4.69, 9.17) is 0 Å². The fourth-order valence-electron chi connectivity index (χ4n) is 1.40. The maximum absolute atomic E-state index is 11.7. The Morgan fingerprint density at radius 3 is 2.81 bits per heavy atom. The number of anilines is 1. The second kappa shape index (κ2) is 6.10. The van der Waals surface area contributed by atoms with E-state index in [0.29, 0.717) is 12.1 Å². The van der Waals surface area contributed by atoms with Gasteiger partial charge in [-0.2, -0.15) is 0 Å². The van der Waals surface area contributed by atoms with Crippen molar-refractivity contribution in [2.75, 3.05) is 18.4 Å². The highest BCUT2D eigenvalue weighted by Gasteiger charge is 2.10. The summed E-state index contributed by atoms with van der Waals surface area (Å²) in [4.78, 5) is 15.9. The van der Waals surface area contributed by atoms with Crippen molar-refractivity contribution in [1.82, 2.24) is 10.3 Å². The van der Waals surface area contributed by atoms with Gasteiger partial charge in [-0.15, -0.1) is 0 Å². The predicted molar refractivity (Wildman–Crippen MR) is 65.8 cm³/mol. The molecule has 1 aromatic heterocycles. The standard InChI is InChI=1S/C12H19N3O/c1-4-6-14-11-7-9(3)15-8-10(11)12(16)13-5-2/h7-8H,4-6H2,1-3H3,(H,13,16)(H,14,15). The monoisotopic (exact) mass is 221 g/mol. The van der Waals surface area contributed by atoms with Gasteiger partial charge in [0.2, 0.25) is 0 Å². The van der Waals surface area contributed by atoms with Crippen LogP contribution in [0.4, 0.5) is 5.69 Å². The molecule has 1 rings (SSSR count). The lowest BCUT2D eigenvalue weighted by Gasteiger charge is -2.11. The number of amides is 1. The molecule has 88 valence electrons. The molecule has 0 radical (unpaired) electrons. The van der Waals surface area contributed by atoms with E-state index in [1.54, 1.807) is 6.20 Å². The lowest BCUT2D eigenvalue weighted by molar-refractivity contribution is 0.0956. The molecule has 0 saturated carbocycles. The highest BCUT2D eigenvalue weighted by Crippen LogP contribution is 2.15. The maximum atomic E-state index is 11.7. The molecule has 16 heavy (non-hydrogen) atoms. The Balaban J connectivity index is 2.92. The molecular weight excluding hydrogens is 202 g/mol. The lowest BCUT2D eigenvalue weighted by Crippen LogP contribution is -2.24. The smallest absolute Gasteiger partial charge is 0.254 e. The van der Waals surface area contributed by atoms with Crippen LogP contribution in [0.15, 0.2) is 12.3 Å². The van der Waals surface area contributed by atoms with Crippen molar-refractivity contribution in [3.05, 3.63) is 23.5 Å². The molecule has 0 aromatic carbocycles. The fourth-order valence-corrected chi connectivity index (χ4v) is 1.40. The van der Waals surface area contributed by atoms with Gasteiger partial charge in [0.25, 0.3) is 5.91 Å². The van der Waals surface area contributed by atoms with E-state index in [2.05, 4.69) is 22.5 Å². The quantitative estimate of drug-likeness (QED) is 0.799. The Kier molecular flexibility index (Phi) is 4.76. The molecule has 1 aromatic rings. The molecule has 0 aliphatic heterocycles. The Morgan fingerprint density at radius 2 is 2.19 bits per heavy atom. The van der Waals surface area contributed by atoms with Crippen LogP contribution in [-0.2, 0) is 0 Å². The van der Waals surface area contributed by atoms with E-state index in [9.17, 15) is 4.79 Å². The van der Waals surface area contributed by atoms with Crippen LogP contribution in [0.5, 0.6) is 0 Å². The zero-order valence-corrected chi connectivity index (χ0v) is 10.1. The van der Waals surface area contributed by atoms with Crippen LogP contribution in [-0.4, -0.2) is 24.0 Å². The first-order chi connectivity index (χ1) is 7.69. The van der Waals surface area contributed by atoms with Crippen molar-refractivity contribution >= 4 is 11.6 Å². The largest absolute Gasteiger partial charge is 0.384 e. The Morgan fingerprint density at radius 1 is 1.44 bits per heavy atom. The first-order valence-electron chi connectivity index (χ1n) is 5.67. The van der Waals surface area contributed by atoms with E-state index >= 15 is 0 Å². The third-order valence-electron chi connectivity index (χ3n) is 2.19. The van der Waals surface area contributed by atoms with Crippen LogP contribution in [0, 0.1) is 6.92 Å². The van der Waals surface area contributed by atoms with Crippen LogP contribution in [0.2, 0.25) is 0 Å². The van der Waals surface area contributed by atoms with E-state index in [-0.39, 0.29) is 5.91 Å². The summed E-state index contributed by atoms with van der Waals surface area (Å²) in [6.45, 7) is 7.39. The topological polar surface area (TPSA) is 54.0 Å². The number of nitrogens with zero attached hydrogens (tertiary/aromatic N) is 1. The first kappa shape index (κ1) is 12.5. The summed E-state index contributed by atoms with van der Waals surface area (Å²) in [5.41, 5.74) is 2.38. The molecule has 0 saturated heterocycles. The van der Waals surface area contributed by atoms with E-state index < -0.39 is 0 Å². The number of carbonyl (C=O) groups is 1. The zero-order valence-electron chi connectivity index (χ0n) is 10.1. The number of hydrogen-bond acceptors (Lipinski definition) is 3. The maximum Gasteiger partial charge on any atom is 0.254 e. The lowest BCUT2D eigenvalue weighted by atomic mass is 10.2. The third-order valence-corrected chi connectivity index (χ3v) is 2.19. The molecule has 0 spiro atoms. The van der Waals surface area contributed by atoms with Gasteiger partial charge in [0, 0.05) is 25.0 Å². The second-order valence-corrected chi connectivity index (χ2v) is 3.66. The average Bonchev–Trinajstić information content (AvgIpc) is 2.26. The third kappa shape index (κ3) is 3.22. The van der Waals surface area contributed by atoms with Gasteiger partial charge in [0.1, 0.15) is 0 Å². The van der Waals surface area contributed by atoms with Crippen LogP contribution >= 0.6 is 0 Å². The molecule has 0 atom stereocenters. The van der Waals surface area contributed by atoms with Gasteiger partial charge < -0.3 is 10.6 Å².